The van der Waals surface area contributed by atoms with Gasteiger partial charge in [0.15, 0.2) is 11.5 Å². The Bertz CT molecular complexity index is 733. The van der Waals surface area contributed by atoms with Gasteiger partial charge in [-0.3, -0.25) is 4.79 Å². The molecule has 1 saturated carbocycles. The van der Waals surface area contributed by atoms with Crippen LogP contribution < -0.4 is 14.8 Å². The summed E-state index contributed by atoms with van der Waals surface area (Å²) in [7, 11) is 1.34. The van der Waals surface area contributed by atoms with E-state index in [1.807, 2.05) is 30.3 Å². The molecule has 0 aliphatic heterocycles. The van der Waals surface area contributed by atoms with E-state index < -0.39 is 6.61 Å². The minimum atomic E-state index is -2.95. The van der Waals surface area contributed by atoms with Crippen LogP contribution in [0.4, 0.5) is 8.78 Å². The number of benzene rings is 2. The second-order valence-corrected chi connectivity index (χ2v) is 5.94. The summed E-state index contributed by atoms with van der Waals surface area (Å²) in [6.07, 6.45) is 2.15. The fourth-order valence-electron chi connectivity index (χ4n) is 2.79. The third kappa shape index (κ3) is 4.26. The molecule has 1 fully saturated rings. The van der Waals surface area contributed by atoms with Crippen LogP contribution in [-0.2, 0) is 0 Å². The number of carbonyl (C=O) groups excluding carboxylic acids is 1. The quantitative estimate of drug-likeness (QED) is 0.817. The molecule has 25 heavy (non-hydrogen) atoms. The van der Waals surface area contributed by atoms with Gasteiger partial charge in [-0.25, -0.2) is 0 Å². The van der Waals surface area contributed by atoms with Gasteiger partial charge in [0.2, 0.25) is 0 Å². The number of hydrogen-bond acceptors (Lipinski definition) is 3. The van der Waals surface area contributed by atoms with Gasteiger partial charge in [0.25, 0.3) is 5.91 Å². The van der Waals surface area contributed by atoms with Crippen LogP contribution >= 0.6 is 0 Å². The second kappa shape index (κ2) is 7.51. The maximum Gasteiger partial charge on any atom is 0.387 e. The number of amides is 1. The molecule has 3 rings (SSSR count). The minimum Gasteiger partial charge on any atom is -0.493 e. The van der Waals surface area contributed by atoms with Crippen molar-refractivity contribution in [3.63, 3.8) is 0 Å². The van der Waals surface area contributed by atoms with Crippen molar-refractivity contribution in [1.29, 1.82) is 0 Å². The monoisotopic (exact) mass is 347 g/mol. The summed E-state index contributed by atoms with van der Waals surface area (Å²) in [5, 5.41) is 3.04. The Kier molecular flexibility index (Phi) is 5.16. The van der Waals surface area contributed by atoms with Gasteiger partial charge in [0.05, 0.1) is 13.2 Å². The van der Waals surface area contributed by atoms with Gasteiger partial charge in [-0.1, -0.05) is 30.3 Å². The molecule has 1 amide bonds. The zero-order valence-corrected chi connectivity index (χ0v) is 13.7. The molecule has 6 heteroatoms. The smallest absolute Gasteiger partial charge is 0.387 e. The van der Waals surface area contributed by atoms with Crippen molar-refractivity contribution < 1.29 is 23.0 Å². The van der Waals surface area contributed by atoms with Crippen molar-refractivity contribution in [3.05, 3.63) is 59.7 Å². The lowest BCUT2D eigenvalue weighted by molar-refractivity contribution is -0.0512. The van der Waals surface area contributed by atoms with E-state index in [9.17, 15) is 13.6 Å². The Morgan fingerprint density at radius 3 is 2.44 bits per heavy atom. The van der Waals surface area contributed by atoms with E-state index in [0.29, 0.717) is 11.5 Å². The van der Waals surface area contributed by atoms with Gasteiger partial charge in [-0.05, 0) is 42.5 Å². The van der Waals surface area contributed by atoms with Gasteiger partial charge in [0.1, 0.15) is 0 Å². The molecule has 0 saturated heterocycles. The molecule has 0 aromatic heterocycles. The lowest BCUT2D eigenvalue weighted by Gasteiger charge is -2.19. The summed E-state index contributed by atoms with van der Waals surface area (Å²) in [6.45, 7) is -2.95. The van der Waals surface area contributed by atoms with Gasteiger partial charge < -0.3 is 14.8 Å². The van der Waals surface area contributed by atoms with Crippen molar-refractivity contribution >= 4 is 5.91 Å². The summed E-state index contributed by atoms with van der Waals surface area (Å²) in [5.74, 6) is 0.142. The summed E-state index contributed by atoms with van der Waals surface area (Å²) in [6, 6.07) is 13.9. The molecule has 0 heterocycles. The summed E-state index contributed by atoms with van der Waals surface area (Å²) in [5.41, 5.74) is 1.39. The van der Waals surface area contributed by atoms with Crippen molar-refractivity contribution in [1.82, 2.24) is 5.32 Å². The Hall–Kier alpha value is -2.63. The molecule has 0 spiro atoms. The maximum atomic E-state index is 12.6. The largest absolute Gasteiger partial charge is 0.493 e. The van der Waals surface area contributed by atoms with Crippen LogP contribution in [0.15, 0.2) is 48.5 Å². The maximum absolute atomic E-state index is 12.6. The van der Waals surface area contributed by atoms with E-state index in [-0.39, 0.29) is 23.4 Å². The van der Waals surface area contributed by atoms with Crippen LogP contribution in [0.5, 0.6) is 11.5 Å². The van der Waals surface area contributed by atoms with Crippen molar-refractivity contribution in [2.24, 2.45) is 5.92 Å². The highest BCUT2D eigenvalue weighted by molar-refractivity contribution is 5.95. The first kappa shape index (κ1) is 17.2. The van der Waals surface area contributed by atoms with Crippen molar-refractivity contribution in [2.75, 3.05) is 7.11 Å². The SMILES string of the molecule is COc1cc(C(=O)N[C@@H](c2ccccc2)C2CC2)ccc1OC(F)F. The Labute approximate surface area is 144 Å². The van der Waals surface area contributed by atoms with E-state index in [2.05, 4.69) is 10.1 Å². The van der Waals surface area contributed by atoms with Gasteiger partial charge in [0, 0.05) is 5.56 Å². The number of carbonyl (C=O) groups is 1. The average Bonchev–Trinajstić information content (AvgIpc) is 3.45. The third-order valence-corrected chi connectivity index (χ3v) is 4.18. The predicted molar refractivity (Wildman–Crippen MR) is 89.0 cm³/mol. The number of methoxy groups -OCH3 is 1. The second-order valence-electron chi connectivity index (χ2n) is 5.94. The molecule has 132 valence electrons. The van der Waals surface area contributed by atoms with E-state index in [1.54, 1.807) is 0 Å². The van der Waals surface area contributed by atoms with Crippen molar-refractivity contribution in [3.8, 4) is 11.5 Å². The van der Waals surface area contributed by atoms with Crippen LogP contribution in [0.25, 0.3) is 0 Å². The highest BCUT2D eigenvalue weighted by Crippen LogP contribution is 2.41. The van der Waals surface area contributed by atoms with Crippen LogP contribution in [0.2, 0.25) is 0 Å². The van der Waals surface area contributed by atoms with E-state index >= 15 is 0 Å². The summed E-state index contributed by atoms with van der Waals surface area (Å²) < 4.78 is 34.2. The highest BCUT2D eigenvalue weighted by Gasteiger charge is 2.33. The molecule has 1 atom stereocenters. The molecule has 1 aliphatic rings. The highest BCUT2D eigenvalue weighted by atomic mass is 19.3. The molecule has 2 aromatic carbocycles. The molecular formula is C19H19F2NO3. The molecule has 0 unspecified atom stereocenters. The van der Waals surface area contributed by atoms with Crippen LogP contribution in [-0.4, -0.2) is 19.6 Å². The van der Waals surface area contributed by atoms with Crippen LogP contribution in [0.1, 0.15) is 34.8 Å². The van der Waals surface area contributed by atoms with E-state index in [1.165, 1.54) is 25.3 Å². The Morgan fingerprint density at radius 1 is 1.12 bits per heavy atom. The van der Waals surface area contributed by atoms with Crippen LogP contribution in [0.3, 0.4) is 0 Å². The third-order valence-electron chi connectivity index (χ3n) is 4.18. The minimum absolute atomic E-state index is 0.0586. The number of ether oxygens (including phenoxy) is 2. The zero-order valence-electron chi connectivity index (χ0n) is 13.7. The molecule has 1 aliphatic carbocycles. The number of alkyl halides is 2. The van der Waals surface area contributed by atoms with Gasteiger partial charge in [-0.2, -0.15) is 8.78 Å². The van der Waals surface area contributed by atoms with Crippen LogP contribution in [0, 0.1) is 5.92 Å². The molecule has 4 nitrogen and oxygen atoms in total. The summed E-state index contributed by atoms with van der Waals surface area (Å²) >= 11 is 0. The first-order valence-electron chi connectivity index (χ1n) is 8.07. The average molecular weight is 347 g/mol. The normalized spacial score (nSPS) is 14.9. The first-order chi connectivity index (χ1) is 12.1. The number of rotatable bonds is 7. The molecule has 1 N–H and O–H groups in total. The predicted octanol–water partition coefficient (Wildman–Crippen LogP) is 4.18. The fourth-order valence-corrected chi connectivity index (χ4v) is 2.79. The standard InChI is InChI=1S/C19H19F2NO3/c1-24-16-11-14(9-10-15(16)25-19(20)21)18(23)22-17(13-7-8-13)12-5-3-2-4-6-12/h2-6,9-11,13,17,19H,7-8H2,1H3,(H,22,23)/t17-/m0/s1. The Morgan fingerprint density at radius 2 is 1.84 bits per heavy atom. The lowest BCUT2D eigenvalue weighted by Crippen LogP contribution is -2.29. The van der Waals surface area contributed by atoms with Crippen molar-refractivity contribution in [2.45, 2.75) is 25.5 Å². The first-order valence-corrected chi connectivity index (χ1v) is 8.07. The topological polar surface area (TPSA) is 47.6 Å². The molecule has 0 bridgehead atoms. The van der Waals surface area contributed by atoms with Gasteiger partial charge in [-0.15, -0.1) is 0 Å². The summed E-state index contributed by atoms with van der Waals surface area (Å²) in [4.78, 5) is 12.6. The molecular weight excluding hydrogens is 328 g/mol. The van der Waals surface area contributed by atoms with E-state index in [4.69, 9.17) is 4.74 Å². The molecule has 0 radical (unpaired) electrons. The number of hydrogen-bond donors (Lipinski definition) is 1. The molecule has 2 aromatic rings. The lowest BCUT2D eigenvalue weighted by atomic mass is 10.0. The van der Waals surface area contributed by atoms with E-state index in [0.717, 1.165) is 18.4 Å². The zero-order chi connectivity index (χ0) is 17.8. The Balaban J connectivity index is 1.78. The number of nitrogens with one attached hydrogen (secondary N) is 1. The van der Waals surface area contributed by atoms with Gasteiger partial charge >= 0.3 is 6.61 Å². The fraction of sp³-hybridized carbons (Fsp3) is 0.316. The number of halogens is 2.